The number of pyridine rings is 1. The molecule has 1 heterocycles. The summed E-state index contributed by atoms with van der Waals surface area (Å²) in [4.78, 5) is 3.47. The first-order chi connectivity index (χ1) is 10.5. The zero-order chi connectivity index (χ0) is 15.9. The number of para-hydroxylation sites is 1. The second kappa shape index (κ2) is 5.41. The molecule has 0 aromatic heterocycles. The number of hydrogen-bond acceptors (Lipinski definition) is 2. The highest BCUT2D eigenvalue weighted by Crippen LogP contribution is 2.44. The van der Waals surface area contributed by atoms with Gasteiger partial charge in [0.05, 0.1) is 22.5 Å². The fourth-order valence-electron chi connectivity index (χ4n) is 3.14. The standard InChI is InChI=1S/C19H22N2O/c1-4-6-13-10-15-16(19(13)22)17(20)14-8-5-7-12(9-11(2)3)18(14)21-15/h4-5,7-8,10-11,21-22H,1,6,9,20H2,2-3H3. The number of hydrogen-bond donors (Lipinski definition) is 3. The van der Waals surface area contributed by atoms with Gasteiger partial charge in [-0.2, -0.15) is 0 Å². The maximum atomic E-state index is 10.4. The van der Waals surface area contributed by atoms with E-state index in [2.05, 4.69) is 31.5 Å². The number of fused-ring (bicyclic) bond motifs is 2. The molecule has 0 atom stereocenters. The summed E-state index contributed by atoms with van der Waals surface area (Å²) in [5, 5.41) is 11.4. The molecule has 3 nitrogen and oxygen atoms in total. The molecule has 1 aliphatic heterocycles. The smallest absolute Gasteiger partial charge is 0.130 e. The molecule has 2 aliphatic rings. The number of nitrogen functional groups attached to an aromatic ring is 1. The van der Waals surface area contributed by atoms with Crippen LogP contribution in [0, 0.1) is 5.92 Å². The summed E-state index contributed by atoms with van der Waals surface area (Å²) < 4.78 is 0. The SMILES string of the molecule is C=CCc1cc2[nH]c3c(CC(C)C)cccc3c(N)c-2c1O. The molecule has 0 fully saturated rings. The van der Waals surface area contributed by atoms with E-state index in [0.717, 1.165) is 28.6 Å². The van der Waals surface area contributed by atoms with Crippen molar-refractivity contribution in [1.29, 1.82) is 0 Å². The van der Waals surface area contributed by atoms with Crippen molar-refractivity contribution >= 4 is 16.6 Å². The van der Waals surface area contributed by atoms with Gasteiger partial charge in [0.25, 0.3) is 0 Å². The zero-order valence-corrected chi connectivity index (χ0v) is 13.1. The van der Waals surface area contributed by atoms with Crippen LogP contribution in [0.5, 0.6) is 5.75 Å². The first-order valence-corrected chi connectivity index (χ1v) is 7.67. The van der Waals surface area contributed by atoms with Crippen molar-refractivity contribution in [2.24, 2.45) is 5.92 Å². The third-order valence-electron chi connectivity index (χ3n) is 4.09. The Morgan fingerprint density at radius 2 is 2.09 bits per heavy atom. The van der Waals surface area contributed by atoms with Gasteiger partial charge in [-0.25, -0.2) is 0 Å². The Kier molecular flexibility index (Phi) is 3.57. The van der Waals surface area contributed by atoms with Crippen molar-refractivity contribution in [1.82, 2.24) is 4.98 Å². The van der Waals surface area contributed by atoms with Crippen molar-refractivity contribution in [3.05, 3.63) is 48.0 Å². The first kappa shape index (κ1) is 14.5. The lowest BCUT2D eigenvalue weighted by molar-refractivity contribution is 0.474. The van der Waals surface area contributed by atoms with Gasteiger partial charge in [-0.1, -0.05) is 38.1 Å². The molecule has 3 heteroatoms. The second-order valence-corrected chi connectivity index (χ2v) is 6.28. The molecule has 4 N–H and O–H groups in total. The van der Waals surface area contributed by atoms with E-state index in [4.69, 9.17) is 5.73 Å². The van der Waals surface area contributed by atoms with E-state index in [1.165, 1.54) is 5.56 Å². The number of aromatic hydroxyl groups is 1. The Morgan fingerprint density at radius 1 is 1.32 bits per heavy atom. The maximum Gasteiger partial charge on any atom is 0.130 e. The molecule has 1 aromatic carbocycles. The van der Waals surface area contributed by atoms with E-state index >= 15 is 0 Å². The van der Waals surface area contributed by atoms with Gasteiger partial charge in [-0.3, -0.25) is 0 Å². The van der Waals surface area contributed by atoms with Gasteiger partial charge < -0.3 is 15.8 Å². The number of H-pyrrole nitrogens is 1. The highest BCUT2D eigenvalue weighted by Gasteiger charge is 2.21. The van der Waals surface area contributed by atoms with Gasteiger partial charge in [0, 0.05) is 10.9 Å². The monoisotopic (exact) mass is 294 g/mol. The number of benzene rings is 1. The van der Waals surface area contributed by atoms with Gasteiger partial charge in [-0.15, -0.1) is 6.58 Å². The van der Waals surface area contributed by atoms with Gasteiger partial charge in [-0.05, 0) is 30.4 Å². The molecule has 22 heavy (non-hydrogen) atoms. The number of nitrogens with two attached hydrogens (primary N) is 1. The molecule has 0 saturated heterocycles. The predicted molar refractivity (Wildman–Crippen MR) is 93.4 cm³/mol. The molecule has 0 spiro atoms. The number of aromatic nitrogens is 1. The minimum absolute atomic E-state index is 0.264. The van der Waals surface area contributed by atoms with Crippen molar-refractivity contribution in [3.63, 3.8) is 0 Å². The first-order valence-electron chi connectivity index (χ1n) is 7.67. The third-order valence-corrected chi connectivity index (χ3v) is 4.09. The summed E-state index contributed by atoms with van der Waals surface area (Å²) in [6, 6.07) is 8.14. The van der Waals surface area contributed by atoms with E-state index in [1.54, 1.807) is 6.08 Å². The molecule has 1 aliphatic carbocycles. The second-order valence-electron chi connectivity index (χ2n) is 6.28. The average molecular weight is 294 g/mol. The molecule has 3 rings (SSSR count). The molecule has 114 valence electrons. The topological polar surface area (TPSA) is 62.0 Å². The summed E-state index contributed by atoms with van der Waals surface area (Å²) >= 11 is 0. The fourth-order valence-corrected chi connectivity index (χ4v) is 3.14. The number of allylic oxidation sites excluding steroid dienone is 1. The summed E-state index contributed by atoms with van der Waals surface area (Å²) in [5.41, 5.74) is 11.8. The number of anilines is 1. The molecule has 0 bridgehead atoms. The van der Waals surface area contributed by atoms with Gasteiger partial charge in [0.1, 0.15) is 5.75 Å². The lowest BCUT2D eigenvalue weighted by atomic mass is 9.98. The average Bonchev–Trinajstić information content (AvgIpc) is 2.77. The van der Waals surface area contributed by atoms with Crippen LogP contribution < -0.4 is 5.73 Å². The van der Waals surface area contributed by atoms with Crippen molar-refractivity contribution in [2.45, 2.75) is 26.7 Å². The molecule has 0 unspecified atom stereocenters. The largest absolute Gasteiger partial charge is 0.507 e. The minimum Gasteiger partial charge on any atom is -0.507 e. The van der Waals surface area contributed by atoms with Crippen molar-refractivity contribution < 1.29 is 5.11 Å². The molecular formula is C19H22N2O. The summed E-state index contributed by atoms with van der Waals surface area (Å²) in [7, 11) is 0. The van der Waals surface area contributed by atoms with E-state index in [0.29, 0.717) is 23.6 Å². The molecule has 0 amide bonds. The lowest BCUT2D eigenvalue weighted by Crippen LogP contribution is -2.00. The van der Waals surface area contributed by atoms with Crippen LogP contribution in [0.4, 0.5) is 5.69 Å². The van der Waals surface area contributed by atoms with Crippen molar-refractivity contribution in [2.75, 3.05) is 5.73 Å². The highest BCUT2D eigenvalue weighted by molar-refractivity contribution is 6.03. The van der Waals surface area contributed by atoms with Crippen LogP contribution in [-0.2, 0) is 12.8 Å². The molecule has 0 saturated carbocycles. The van der Waals surface area contributed by atoms with Gasteiger partial charge in [0.15, 0.2) is 0 Å². The Hall–Kier alpha value is -2.42. The summed E-state index contributed by atoms with van der Waals surface area (Å²) in [6.45, 7) is 8.15. The van der Waals surface area contributed by atoms with E-state index in [1.807, 2.05) is 18.2 Å². The molecular weight excluding hydrogens is 272 g/mol. The maximum absolute atomic E-state index is 10.4. The highest BCUT2D eigenvalue weighted by atomic mass is 16.3. The van der Waals surface area contributed by atoms with E-state index in [-0.39, 0.29) is 5.75 Å². The van der Waals surface area contributed by atoms with E-state index < -0.39 is 0 Å². The minimum atomic E-state index is 0.264. The quantitative estimate of drug-likeness (QED) is 0.621. The van der Waals surface area contributed by atoms with E-state index in [9.17, 15) is 5.11 Å². The number of aromatic amines is 1. The normalized spacial score (nSPS) is 11.6. The third kappa shape index (κ3) is 2.23. The lowest BCUT2D eigenvalue weighted by Gasteiger charge is -2.14. The summed E-state index contributed by atoms with van der Waals surface area (Å²) in [6.07, 6.45) is 3.40. The van der Waals surface area contributed by atoms with Crippen LogP contribution in [0.1, 0.15) is 25.0 Å². The molecule has 1 aromatic rings. The Balaban J connectivity index is 2.32. The predicted octanol–water partition coefficient (Wildman–Crippen LogP) is 4.49. The van der Waals surface area contributed by atoms with Crippen molar-refractivity contribution in [3.8, 4) is 17.0 Å². The van der Waals surface area contributed by atoms with Crippen LogP contribution in [0.25, 0.3) is 22.2 Å². The Morgan fingerprint density at radius 3 is 2.77 bits per heavy atom. The van der Waals surface area contributed by atoms with Crippen LogP contribution in [-0.4, -0.2) is 10.1 Å². The zero-order valence-electron chi connectivity index (χ0n) is 13.1. The fraction of sp³-hybridized carbons (Fsp3) is 0.263. The Labute approximate surface area is 130 Å². The number of rotatable bonds is 4. The van der Waals surface area contributed by atoms with Gasteiger partial charge in [0.2, 0.25) is 0 Å². The van der Waals surface area contributed by atoms with Crippen LogP contribution in [0.2, 0.25) is 0 Å². The van der Waals surface area contributed by atoms with Crippen LogP contribution in [0.15, 0.2) is 36.9 Å². The van der Waals surface area contributed by atoms with Crippen LogP contribution >= 0.6 is 0 Å². The number of nitrogens with one attached hydrogen (secondary N) is 1. The van der Waals surface area contributed by atoms with Gasteiger partial charge >= 0.3 is 0 Å². The summed E-state index contributed by atoms with van der Waals surface area (Å²) in [5.74, 6) is 0.833. The van der Waals surface area contributed by atoms with Crippen LogP contribution in [0.3, 0.4) is 0 Å². The molecule has 0 radical (unpaired) electrons. The Bertz CT molecular complexity index is 814.